The van der Waals surface area contributed by atoms with E-state index < -0.39 is 11.6 Å². The second-order valence-corrected chi connectivity index (χ2v) is 6.57. The van der Waals surface area contributed by atoms with Gasteiger partial charge in [-0.25, -0.2) is 8.78 Å². The first-order valence-electron chi connectivity index (χ1n) is 6.64. The van der Waals surface area contributed by atoms with Crippen LogP contribution in [0.1, 0.15) is 38.1 Å². The lowest BCUT2D eigenvalue weighted by molar-refractivity contribution is 0.0281. The number of nitrogens with one attached hydrogen (secondary N) is 1. The van der Waals surface area contributed by atoms with E-state index in [2.05, 4.69) is 5.32 Å². The molecule has 0 saturated carbocycles. The summed E-state index contributed by atoms with van der Waals surface area (Å²) in [6, 6.07) is 3.28. The highest BCUT2D eigenvalue weighted by molar-refractivity contribution is 5.94. The first-order valence-corrected chi connectivity index (χ1v) is 6.64. The quantitative estimate of drug-likeness (QED) is 0.858. The largest absolute Gasteiger partial charge is 0.330 e. The molecule has 1 fully saturated rings. The van der Waals surface area contributed by atoms with Gasteiger partial charge in [0, 0.05) is 24.2 Å². The Kier molecular flexibility index (Phi) is 3.58. The fourth-order valence-electron chi connectivity index (χ4n) is 2.35. The summed E-state index contributed by atoms with van der Waals surface area (Å²) < 4.78 is 26.3. The Morgan fingerprint density at radius 3 is 2.45 bits per heavy atom. The molecule has 110 valence electrons. The van der Waals surface area contributed by atoms with Crippen molar-refractivity contribution in [3.8, 4) is 0 Å². The van der Waals surface area contributed by atoms with Crippen LogP contribution in [0.5, 0.6) is 0 Å². The molecule has 5 heteroatoms. The van der Waals surface area contributed by atoms with Gasteiger partial charge >= 0.3 is 0 Å². The summed E-state index contributed by atoms with van der Waals surface area (Å²) in [6.45, 7) is 9.08. The number of carbonyl (C=O) groups excluding carboxylic acids is 1. The molecule has 0 aromatic heterocycles. The smallest absolute Gasteiger partial charge is 0.254 e. The summed E-state index contributed by atoms with van der Waals surface area (Å²) in [6.07, 6.45) is 0. The number of hydrogen-bond donors (Lipinski definition) is 1. The second-order valence-electron chi connectivity index (χ2n) is 6.57. The van der Waals surface area contributed by atoms with Gasteiger partial charge in [0.1, 0.15) is 0 Å². The fourth-order valence-corrected chi connectivity index (χ4v) is 2.35. The van der Waals surface area contributed by atoms with Crippen LogP contribution in [-0.2, 0) is 0 Å². The van der Waals surface area contributed by atoms with Crippen LogP contribution in [0.25, 0.3) is 0 Å². The summed E-state index contributed by atoms with van der Waals surface area (Å²) in [5.74, 6) is -2.21. The van der Waals surface area contributed by atoms with Crippen LogP contribution in [0, 0.1) is 11.6 Å². The van der Waals surface area contributed by atoms with Crippen LogP contribution in [0.4, 0.5) is 8.78 Å². The van der Waals surface area contributed by atoms with Gasteiger partial charge in [-0.2, -0.15) is 0 Å². The van der Waals surface area contributed by atoms with Crippen molar-refractivity contribution < 1.29 is 13.6 Å². The lowest BCUT2D eigenvalue weighted by Crippen LogP contribution is -2.67. The normalized spacial score (nSPS) is 20.8. The molecule has 1 aliphatic rings. The lowest BCUT2D eigenvalue weighted by Gasteiger charge is -2.49. The molecular formula is C15H20F2N2O. The van der Waals surface area contributed by atoms with Gasteiger partial charge in [0.25, 0.3) is 5.91 Å². The highest BCUT2D eigenvalue weighted by Crippen LogP contribution is 2.25. The number of halogens is 2. The van der Waals surface area contributed by atoms with Gasteiger partial charge in [-0.15, -0.1) is 0 Å². The first-order chi connectivity index (χ1) is 9.12. The average Bonchev–Trinajstić information content (AvgIpc) is 2.35. The minimum Gasteiger partial charge on any atom is -0.330 e. The third-order valence-corrected chi connectivity index (χ3v) is 3.70. The van der Waals surface area contributed by atoms with Crippen molar-refractivity contribution in [1.82, 2.24) is 10.2 Å². The summed E-state index contributed by atoms with van der Waals surface area (Å²) in [7, 11) is 0. The molecule has 1 aliphatic heterocycles. The molecular weight excluding hydrogens is 262 g/mol. The zero-order valence-electron chi connectivity index (χ0n) is 12.3. The molecule has 1 saturated heterocycles. The minimum absolute atomic E-state index is 0.176. The van der Waals surface area contributed by atoms with E-state index in [0.29, 0.717) is 13.1 Å². The Bertz CT molecular complexity index is 541. The van der Waals surface area contributed by atoms with Crippen molar-refractivity contribution in [3.05, 3.63) is 35.4 Å². The Morgan fingerprint density at radius 1 is 1.20 bits per heavy atom. The maximum atomic E-state index is 13.3. The molecule has 1 heterocycles. The zero-order valence-corrected chi connectivity index (χ0v) is 12.3. The van der Waals surface area contributed by atoms with Crippen molar-refractivity contribution in [2.75, 3.05) is 13.1 Å². The van der Waals surface area contributed by atoms with E-state index in [4.69, 9.17) is 0 Å². The molecule has 0 radical (unpaired) electrons. The fraction of sp³-hybridized carbons (Fsp3) is 0.533. The van der Waals surface area contributed by atoms with Crippen LogP contribution < -0.4 is 5.32 Å². The van der Waals surface area contributed by atoms with E-state index in [1.165, 1.54) is 6.07 Å². The number of piperazine rings is 1. The standard InChI is InChI=1S/C15H20F2N2O/c1-14(2)9-19(15(3,4)8-18-14)13(20)10-5-6-11(16)12(17)7-10/h5-7,18H,8-9H2,1-4H3. The predicted octanol–water partition coefficient (Wildman–Crippen LogP) is 2.57. The van der Waals surface area contributed by atoms with Crippen LogP contribution in [-0.4, -0.2) is 35.0 Å². The van der Waals surface area contributed by atoms with Gasteiger partial charge < -0.3 is 10.2 Å². The molecule has 0 atom stereocenters. The molecule has 0 spiro atoms. The van der Waals surface area contributed by atoms with Crippen LogP contribution in [0.3, 0.4) is 0 Å². The van der Waals surface area contributed by atoms with Gasteiger partial charge in [-0.1, -0.05) is 0 Å². The first kappa shape index (κ1) is 14.9. The van der Waals surface area contributed by atoms with E-state index in [9.17, 15) is 13.6 Å². The number of benzene rings is 1. The second kappa shape index (κ2) is 4.81. The van der Waals surface area contributed by atoms with Crippen LogP contribution in [0.2, 0.25) is 0 Å². The maximum absolute atomic E-state index is 13.3. The van der Waals surface area contributed by atoms with E-state index >= 15 is 0 Å². The van der Waals surface area contributed by atoms with Gasteiger partial charge in [0.15, 0.2) is 11.6 Å². The van der Waals surface area contributed by atoms with Crippen molar-refractivity contribution in [3.63, 3.8) is 0 Å². The number of hydrogen-bond acceptors (Lipinski definition) is 2. The van der Waals surface area contributed by atoms with Gasteiger partial charge in [0.05, 0.1) is 5.54 Å². The van der Waals surface area contributed by atoms with E-state index in [1.807, 2.05) is 27.7 Å². The average molecular weight is 282 g/mol. The Labute approximate surface area is 118 Å². The molecule has 3 nitrogen and oxygen atoms in total. The Balaban J connectivity index is 2.32. The van der Waals surface area contributed by atoms with Gasteiger partial charge in [-0.3, -0.25) is 4.79 Å². The van der Waals surface area contributed by atoms with Gasteiger partial charge in [-0.05, 0) is 45.9 Å². The van der Waals surface area contributed by atoms with Crippen molar-refractivity contribution >= 4 is 5.91 Å². The lowest BCUT2D eigenvalue weighted by atomic mass is 9.90. The highest BCUT2D eigenvalue weighted by atomic mass is 19.2. The minimum atomic E-state index is -0.997. The van der Waals surface area contributed by atoms with Crippen LogP contribution >= 0.6 is 0 Å². The number of carbonyl (C=O) groups is 1. The molecule has 1 N–H and O–H groups in total. The van der Waals surface area contributed by atoms with Crippen molar-refractivity contribution in [2.45, 2.75) is 38.8 Å². The number of amides is 1. The molecule has 1 aromatic carbocycles. The number of rotatable bonds is 1. The predicted molar refractivity (Wildman–Crippen MR) is 73.6 cm³/mol. The molecule has 0 aliphatic carbocycles. The molecule has 0 unspecified atom stereocenters. The third-order valence-electron chi connectivity index (χ3n) is 3.70. The molecule has 2 rings (SSSR count). The Hall–Kier alpha value is -1.49. The van der Waals surface area contributed by atoms with E-state index in [1.54, 1.807) is 4.90 Å². The molecule has 0 bridgehead atoms. The summed E-state index contributed by atoms with van der Waals surface area (Å²) in [5.41, 5.74) is -0.406. The van der Waals surface area contributed by atoms with Gasteiger partial charge in [0.2, 0.25) is 0 Å². The van der Waals surface area contributed by atoms with E-state index in [0.717, 1.165) is 12.1 Å². The summed E-state index contributed by atoms with van der Waals surface area (Å²) in [5, 5.41) is 3.38. The molecule has 1 aromatic rings. The maximum Gasteiger partial charge on any atom is 0.254 e. The van der Waals surface area contributed by atoms with Crippen molar-refractivity contribution in [2.24, 2.45) is 0 Å². The summed E-state index contributed by atoms with van der Waals surface area (Å²) >= 11 is 0. The number of nitrogens with zero attached hydrogens (tertiary/aromatic N) is 1. The van der Waals surface area contributed by atoms with E-state index in [-0.39, 0.29) is 22.5 Å². The zero-order chi connectivity index (χ0) is 15.1. The van der Waals surface area contributed by atoms with Crippen LogP contribution in [0.15, 0.2) is 18.2 Å². The Morgan fingerprint density at radius 2 is 1.85 bits per heavy atom. The topological polar surface area (TPSA) is 32.3 Å². The molecule has 1 amide bonds. The van der Waals surface area contributed by atoms with Crippen molar-refractivity contribution in [1.29, 1.82) is 0 Å². The third kappa shape index (κ3) is 2.82. The molecule has 20 heavy (non-hydrogen) atoms. The summed E-state index contributed by atoms with van der Waals surface area (Å²) in [4.78, 5) is 14.3. The monoisotopic (exact) mass is 282 g/mol. The highest BCUT2D eigenvalue weighted by Gasteiger charge is 2.40. The SMILES string of the molecule is CC1(C)CN(C(=O)c2ccc(F)c(F)c2)C(C)(C)CN1.